The maximum absolute atomic E-state index is 10.2. The zero-order valence-electron chi connectivity index (χ0n) is 15.2. The molecule has 5 unspecified atom stereocenters. The zero-order valence-corrected chi connectivity index (χ0v) is 15.2. The van der Waals surface area contributed by atoms with E-state index in [0.717, 1.165) is 12.1 Å². The van der Waals surface area contributed by atoms with E-state index in [1.54, 1.807) is 4.57 Å². The van der Waals surface area contributed by atoms with Crippen molar-refractivity contribution < 1.29 is 29.6 Å². The number of ketones is 1. The summed E-state index contributed by atoms with van der Waals surface area (Å²) in [6.45, 7) is 3.99. The first-order valence-corrected chi connectivity index (χ1v) is 8.78. The number of aromatic nitrogens is 4. The molecule has 148 valence electrons. The molecule has 3 N–H and O–H groups in total. The van der Waals surface area contributed by atoms with Gasteiger partial charge in [0.2, 0.25) is 0 Å². The van der Waals surface area contributed by atoms with Gasteiger partial charge in [0.25, 0.3) is 0 Å². The molecule has 4 heterocycles. The number of Topliss-reactive ketones (excluding diaryl/α,β-unsaturated/α-hetero) is 1. The average molecular weight is 380 g/mol. The number of hydrogen-bond acceptors (Lipinski definition) is 9. The Balaban J connectivity index is 0.000000481. The van der Waals surface area contributed by atoms with Crippen LogP contribution < -0.4 is 0 Å². The summed E-state index contributed by atoms with van der Waals surface area (Å²) in [6, 6.07) is 0. The third-order valence-corrected chi connectivity index (χ3v) is 4.49. The summed E-state index contributed by atoms with van der Waals surface area (Å²) in [7, 11) is 0. The van der Waals surface area contributed by atoms with Crippen molar-refractivity contribution >= 4 is 16.9 Å². The minimum atomic E-state index is -1.17. The molecule has 0 aliphatic carbocycles. The Morgan fingerprint density at radius 3 is 2.59 bits per heavy atom. The summed E-state index contributed by atoms with van der Waals surface area (Å²) < 4.78 is 12.5. The van der Waals surface area contributed by atoms with E-state index in [4.69, 9.17) is 9.47 Å². The molecule has 0 radical (unpaired) electrons. The van der Waals surface area contributed by atoms with Crippen molar-refractivity contribution in [3.05, 3.63) is 18.3 Å². The van der Waals surface area contributed by atoms with Gasteiger partial charge in [-0.1, -0.05) is 0 Å². The average Bonchev–Trinajstić information content (AvgIpc) is 3.35. The SMILES string of the molecule is CC(C)=O.OCC1OC(n2cnc3c(C4CCOC4)ncnc32)C(O)C1O. The third-order valence-electron chi connectivity index (χ3n) is 4.49. The van der Waals surface area contributed by atoms with Crippen LogP contribution in [0.1, 0.15) is 38.1 Å². The molecule has 2 fully saturated rings. The van der Waals surface area contributed by atoms with Crippen LogP contribution >= 0.6 is 0 Å². The Labute approximate surface area is 155 Å². The Kier molecular flexibility index (Phi) is 6.12. The highest BCUT2D eigenvalue weighted by molar-refractivity contribution is 5.74. The van der Waals surface area contributed by atoms with Crippen LogP contribution in [0.5, 0.6) is 0 Å². The second-order valence-corrected chi connectivity index (χ2v) is 6.78. The molecule has 5 atom stereocenters. The smallest absolute Gasteiger partial charge is 0.165 e. The number of nitrogens with zero attached hydrogens (tertiary/aromatic N) is 4. The van der Waals surface area contributed by atoms with Crippen LogP contribution in [0.2, 0.25) is 0 Å². The summed E-state index contributed by atoms with van der Waals surface area (Å²) in [5.74, 6) is 0.342. The fraction of sp³-hybridized carbons (Fsp3) is 0.647. The van der Waals surface area contributed by atoms with Gasteiger partial charge < -0.3 is 29.6 Å². The van der Waals surface area contributed by atoms with Gasteiger partial charge >= 0.3 is 0 Å². The minimum absolute atomic E-state index is 0.167. The van der Waals surface area contributed by atoms with Crippen LogP contribution in [-0.4, -0.2) is 78.8 Å². The Morgan fingerprint density at radius 1 is 1.26 bits per heavy atom. The Hall–Kier alpha value is -1.98. The largest absolute Gasteiger partial charge is 0.394 e. The zero-order chi connectivity index (χ0) is 19.6. The van der Waals surface area contributed by atoms with E-state index >= 15 is 0 Å². The topological polar surface area (TPSA) is 140 Å². The standard InChI is InChI=1S/C14H18N4O5.C3H6O/c19-3-8-11(20)12(21)14(23-8)18-6-17-10-9(7-1-2-22-4-7)15-5-16-13(10)18;1-3(2)4/h5-8,11-12,14,19-21H,1-4H2;1-2H3. The fourth-order valence-electron chi connectivity index (χ4n) is 3.22. The van der Waals surface area contributed by atoms with E-state index in [1.165, 1.54) is 26.5 Å². The third kappa shape index (κ3) is 3.99. The van der Waals surface area contributed by atoms with Crippen molar-refractivity contribution in [1.82, 2.24) is 19.5 Å². The number of carbonyl (C=O) groups excluding carboxylic acids is 1. The molecule has 2 saturated heterocycles. The lowest BCUT2D eigenvalue weighted by atomic mass is 10.0. The molecule has 10 heteroatoms. The van der Waals surface area contributed by atoms with Crippen LogP contribution in [0.25, 0.3) is 11.2 Å². The molecule has 27 heavy (non-hydrogen) atoms. The first-order chi connectivity index (χ1) is 12.9. The van der Waals surface area contributed by atoms with Crippen molar-refractivity contribution in [2.24, 2.45) is 0 Å². The van der Waals surface area contributed by atoms with E-state index in [1.807, 2.05) is 0 Å². The number of carbonyl (C=O) groups is 1. The molecule has 0 amide bonds. The van der Waals surface area contributed by atoms with Gasteiger partial charge in [0, 0.05) is 12.5 Å². The van der Waals surface area contributed by atoms with Gasteiger partial charge in [-0.15, -0.1) is 0 Å². The van der Waals surface area contributed by atoms with Crippen LogP contribution in [0.3, 0.4) is 0 Å². The van der Waals surface area contributed by atoms with Gasteiger partial charge in [0.05, 0.1) is 25.2 Å². The Bertz CT molecular complexity index is 787. The van der Waals surface area contributed by atoms with E-state index < -0.39 is 24.5 Å². The highest BCUT2D eigenvalue weighted by Gasteiger charge is 2.44. The second kappa shape index (κ2) is 8.36. The van der Waals surface area contributed by atoms with Crippen molar-refractivity contribution in [3.8, 4) is 0 Å². The molecule has 0 bridgehead atoms. The van der Waals surface area contributed by atoms with Gasteiger partial charge in [0.15, 0.2) is 11.9 Å². The monoisotopic (exact) mass is 380 g/mol. The van der Waals surface area contributed by atoms with E-state index in [9.17, 15) is 20.1 Å². The summed E-state index contributed by atoms with van der Waals surface area (Å²) in [4.78, 5) is 22.4. The highest BCUT2D eigenvalue weighted by atomic mass is 16.6. The van der Waals surface area contributed by atoms with Gasteiger partial charge in [-0.05, 0) is 20.3 Å². The van der Waals surface area contributed by atoms with Crippen molar-refractivity contribution in [3.63, 3.8) is 0 Å². The minimum Gasteiger partial charge on any atom is -0.394 e. The van der Waals surface area contributed by atoms with Crippen molar-refractivity contribution in [2.45, 2.75) is 50.7 Å². The number of aliphatic hydroxyl groups is 3. The van der Waals surface area contributed by atoms with E-state index in [-0.39, 0.29) is 18.3 Å². The second-order valence-electron chi connectivity index (χ2n) is 6.78. The maximum atomic E-state index is 10.2. The molecule has 4 rings (SSSR count). The van der Waals surface area contributed by atoms with Gasteiger partial charge in [-0.3, -0.25) is 4.57 Å². The predicted octanol–water partition coefficient (Wildman–Crippen LogP) is -0.463. The molecule has 10 nitrogen and oxygen atoms in total. The lowest BCUT2D eigenvalue weighted by Gasteiger charge is -2.16. The number of imidazole rings is 1. The van der Waals surface area contributed by atoms with Crippen molar-refractivity contribution in [1.29, 1.82) is 0 Å². The number of fused-ring (bicyclic) bond motifs is 1. The molecule has 2 aliphatic rings. The normalized spacial score (nSPS) is 30.3. The lowest BCUT2D eigenvalue weighted by molar-refractivity contribution is -0.114. The van der Waals surface area contributed by atoms with Crippen LogP contribution in [0.4, 0.5) is 0 Å². The molecule has 0 aromatic carbocycles. The molecule has 0 saturated carbocycles. The summed E-state index contributed by atoms with van der Waals surface area (Å²) in [5.41, 5.74) is 1.98. The fourth-order valence-corrected chi connectivity index (χ4v) is 3.22. The molecule has 2 aliphatic heterocycles. The van der Waals surface area contributed by atoms with Crippen molar-refractivity contribution in [2.75, 3.05) is 19.8 Å². The quantitative estimate of drug-likeness (QED) is 0.645. The predicted molar refractivity (Wildman–Crippen MR) is 92.9 cm³/mol. The number of aliphatic hydroxyl groups excluding tert-OH is 3. The highest BCUT2D eigenvalue weighted by Crippen LogP contribution is 2.33. The molecular weight excluding hydrogens is 356 g/mol. The van der Waals surface area contributed by atoms with Gasteiger partial charge in [0.1, 0.15) is 35.9 Å². The number of hydrogen-bond donors (Lipinski definition) is 3. The Morgan fingerprint density at radius 2 is 2.00 bits per heavy atom. The summed E-state index contributed by atoms with van der Waals surface area (Å²) in [5, 5.41) is 29.3. The van der Waals surface area contributed by atoms with Crippen LogP contribution in [0, 0.1) is 0 Å². The first kappa shape index (κ1) is 19.8. The molecule has 2 aromatic heterocycles. The molecule has 0 spiro atoms. The summed E-state index contributed by atoms with van der Waals surface area (Å²) in [6.07, 6.45) is -0.169. The summed E-state index contributed by atoms with van der Waals surface area (Å²) >= 11 is 0. The molecular formula is C17H24N4O6. The van der Waals surface area contributed by atoms with Crippen LogP contribution in [0.15, 0.2) is 12.7 Å². The van der Waals surface area contributed by atoms with Gasteiger partial charge in [-0.25, -0.2) is 15.0 Å². The number of rotatable bonds is 3. The first-order valence-electron chi connectivity index (χ1n) is 8.78. The van der Waals surface area contributed by atoms with Crippen LogP contribution in [-0.2, 0) is 14.3 Å². The maximum Gasteiger partial charge on any atom is 0.165 e. The van der Waals surface area contributed by atoms with Gasteiger partial charge in [-0.2, -0.15) is 0 Å². The molecule has 2 aromatic rings. The lowest BCUT2D eigenvalue weighted by Crippen LogP contribution is -2.33. The van der Waals surface area contributed by atoms with E-state index in [2.05, 4.69) is 15.0 Å². The number of ether oxygens (including phenoxy) is 2. The van der Waals surface area contributed by atoms with E-state index in [0.29, 0.717) is 24.4 Å².